The Morgan fingerprint density at radius 3 is 2.17 bits per heavy atom. The largest absolute Gasteiger partial charge is 0.497 e. The monoisotopic (exact) mass is 615 g/mol. The normalized spacial score (nSPS) is 17.3. The van der Waals surface area contributed by atoms with Gasteiger partial charge >= 0.3 is 0 Å². The summed E-state index contributed by atoms with van der Waals surface area (Å²) in [6.45, 7) is 2.92. The molecule has 0 spiro atoms. The van der Waals surface area contributed by atoms with Crippen molar-refractivity contribution in [1.82, 2.24) is 9.62 Å². The van der Waals surface area contributed by atoms with E-state index >= 15 is 0 Å². The molecular weight excluding hydrogens is 582 g/mol. The van der Waals surface area contributed by atoms with Crippen LogP contribution in [0.2, 0.25) is 0 Å². The highest BCUT2D eigenvalue weighted by atomic mass is 32.2. The fourth-order valence-corrected chi connectivity index (χ4v) is 7.83. The summed E-state index contributed by atoms with van der Waals surface area (Å²) < 4.78 is 72.1. The highest BCUT2D eigenvalue weighted by Crippen LogP contribution is 2.38. The van der Waals surface area contributed by atoms with Crippen LogP contribution >= 0.6 is 0 Å². The average Bonchev–Trinajstić information content (AvgIpc) is 3.55. The zero-order valence-electron chi connectivity index (χ0n) is 23.4. The molecule has 0 aliphatic carbocycles. The molecule has 3 aromatic carbocycles. The maximum atomic E-state index is 13.6. The number of anilines is 1. The van der Waals surface area contributed by atoms with E-state index < -0.39 is 32.1 Å². The third-order valence-electron chi connectivity index (χ3n) is 7.12. The van der Waals surface area contributed by atoms with Crippen molar-refractivity contribution < 1.29 is 35.8 Å². The van der Waals surface area contributed by atoms with E-state index in [9.17, 15) is 21.6 Å². The van der Waals surface area contributed by atoms with Crippen LogP contribution in [0.1, 0.15) is 18.4 Å². The van der Waals surface area contributed by atoms with Gasteiger partial charge in [0.1, 0.15) is 23.9 Å². The molecule has 0 radical (unpaired) electrons. The number of carbonyl (C=O) groups excluding carboxylic acids is 1. The Hall–Kier alpha value is -3.81. The predicted octanol–water partition coefficient (Wildman–Crippen LogP) is 2.94. The molecule has 2 aliphatic rings. The fraction of sp³-hybridized carbons (Fsp3) is 0.345. The maximum absolute atomic E-state index is 13.6. The molecule has 0 saturated carbocycles. The van der Waals surface area contributed by atoms with Crippen molar-refractivity contribution in [1.29, 1.82) is 0 Å². The van der Waals surface area contributed by atoms with Crippen molar-refractivity contribution in [2.75, 3.05) is 44.2 Å². The third-order valence-corrected chi connectivity index (χ3v) is 10.8. The maximum Gasteiger partial charge on any atom is 0.264 e. The lowest BCUT2D eigenvalue weighted by atomic mass is 10.1. The van der Waals surface area contributed by atoms with Gasteiger partial charge in [-0.25, -0.2) is 16.8 Å². The smallest absolute Gasteiger partial charge is 0.264 e. The molecule has 1 amide bonds. The molecule has 0 unspecified atom stereocenters. The summed E-state index contributed by atoms with van der Waals surface area (Å²) in [7, 11) is -6.03. The van der Waals surface area contributed by atoms with E-state index in [1.807, 2.05) is 6.92 Å². The predicted molar refractivity (Wildman–Crippen MR) is 156 cm³/mol. The summed E-state index contributed by atoms with van der Waals surface area (Å²) >= 11 is 0. The van der Waals surface area contributed by atoms with Crippen molar-refractivity contribution in [2.45, 2.75) is 35.7 Å². The van der Waals surface area contributed by atoms with Crippen molar-refractivity contribution in [2.24, 2.45) is 0 Å². The van der Waals surface area contributed by atoms with Crippen LogP contribution in [0.3, 0.4) is 0 Å². The third kappa shape index (κ3) is 6.18. The van der Waals surface area contributed by atoms with E-state index in [1.54, 1.807) is 42.5 Å². The Kier molecular flexibility index (Phi) is 8.62. The minimum atomic E-state index is -4.02. The summed E-state index contributed by atoms with van der Waals surface area (Å²) in [4.78, 5) is 13.3. The molecule has 224 valence electrons. The van der Waals surface area contributed by atoms with E-state index in [0.29, 0.717) is 30.3 Å². The van der Waals surface area contributed by atoms with Gasteiger partial charge in [-0.05, 0) is 86.0 Å². The number of fused-ring (bicyclic) bond motifs is 1. The number of hydrogen-bond acceptors (Lipinski definition) is 8. The van der Waals surface area contributed by atoms with Crippen LogP contribution in [-0.2, 0) is 24.8 Å². The molecule has 2 aliphatic heterocycles. The van der Waals surface area contributed by atoms with E-state index in [2.05, 4.69) is 5.32 Å². The lowest BCUT2D eigenvalue weighted by molar-refractivity contribution is -0.127. The number of hydrogen-bond donors (Lipinski definition) is 1. The fourth-order valence-electron chi connectivity index (χ4n) is 4.84. The van der Waals surface area contributed by atoms with Gasteiger partial charge in [0.2, 0.25) is 10.0 Å². The van der Waals surface area contributed by atoms with Gasteiger partial charge < -0.3 is 19.5 Å². The summed E-state index contributed by atoms with van der Waals surface area (Å²) in [6.07, 6.45) is 0.630. The first-order valence-corrected chi connectivity index (χ1v) is 16.4. The second-order valence-electron chi connectivity index (χ2n) is 10.0. The SMILES string of the molecule is COc1ccc(S(=O)(=O)N2C[C@H](C(=O)NCCOc3ccc(S(=O)(=O)N4CCCC4)cc3)Oc3ccc(C)cc32)cc1. The second-order valence-corrected chi connectivity index (χ2v) is 13.8. The standard InChI is InChI=1S/C29H33N3O8S2/c1-21-5-14-27-26(19-21)32(42(36,37)25-10-6-22(38-2)7-11-25)20-28(40-27)29(33)30-15-18-39-23-8-12-24(13-9-23)41(34,35)31-16-3-4-17-31/h5-14,19,28H,3-4,15-18,20H2,1-2H3,(H,30,33)/t28-/m1/s1. The van der Waals surface area contributed by atoms with Gasteiger partial charge in [-0.3, -0.25) is 9.10 Å². The molecule has 0 bridgehead atoms. The van der Waals surface area contributed by atoms with Gasteiger partial charge in [0.25, 0.3) is 15.9 Å². The Balaban J connectivity index is 1.21. The average molecular weight is 616 g/mol. The van der Waals surface area contributed by atoms with Crippen molar-refractivity contribution in [3.8, 4) is 17.2 Å². The Bertz CT molecular complexity index is 1640. The quantitative estimate of drug-likeness (QED) is 0.345. The molecule has 13 heteroatoms. The molecule has 3 aromatic rings. The van der Waals surface area contributed by atoms with Crippen molar-refractivity contribution in [3.63, 3.8) is 0 Å². The van der Waals surface area contributed by atoms with Gasteiger partial charge in [0, 0.05) is 13.1 Å². The number of carbonyl (C=O) groups is 1. The molecule has 1 saturated heterocycles. The number of aryl methyl sites for hydroxylation is 1. The van der Waals surface area contributed by atoms with Gasteiger partial charge in [-0.15, -0.1) is 0 Å². The number of benzene rings is 3. The number of nitrogens with one attached hydrogen (secondary N) is 1. The molecule has 1 N–H and O–H groups in total. The molecule has 42 heavy (non-hydrogen) atoms. The van der Waals surface area contributed by atoms with Crippen molar-refractivity contribution in [3.05, 3.63) is 72.3 Å². The molecule has 2 heterocycles. The highest BCUT2D eigenvalue weighted by molar-refractivity contribution is 7.92. The van der Waals surface area contributed by atoms with Crippen LogP contribution in [0.4, 0.5) is 5.69 Å². The molecule has 1 atom stereocenters. The molecule has 0 aromatic heterocycles. The number of nitrogens with zero attached hydrogens (tertiary/aromatic N) is 2. The van der Waals surface area contributed by atoms with Crippen LogP contribution in [-0.4, -0.2) is 73.0 Å². The number of rotatable bonds is 10. The Labute approximate surface area is 246 Å². The van der Waals surface area contributed by atoms with Gasteiger partial charge in [-0.1, -0.05) is 6.07 Å². The van der Waals surface area contributed by atoms with Crippen LogP contribution in [0.15, 0.2) is 76.5 Å². The lowest BCUT2D eigenvalue weighted by Crippen LogP contribution is -2.51. The van der Waals surface area contributed by atoms with E-state index in [-0.39, 0.29) is 35.2 Å². The van der Waals surface area contributed by atoms with Crippen LogP contribution in [0.25, 0.3) is 0 Å². The van der Waals surface area contributed by atoms with Crippen LogP contribution in [0, 0.1) is 6.92 Å². The first-order chi connectivity index (χ1) is 20.1. The van der Waals surface area contributed by atoms with E-state index in [4.69, 9.17) is 14.2 Å². The zero-order valence-corrected chi connectivity index (χ0v) is 25.0. The topological polar surface area (TPSA) is 132 Å². The molecular formula is C29H33N3O8S2. The minimum absolute atomic E-state index is 0.0597. The summed E-state index contributed by atoms with van der Waals surface area (Å²) in [5, 5.41) is 2.73. The van der Waals surface area contributed by atoms with E-state index in [1.165, 1.54) is 40.0 Å². The Morgan fingerprint density at radius 2 is 1.52 bits per heavy atom. The summed E-state index contributed by atoms with van der Waals surface area (Å²) in [5.41, 5.74) is 1.20. The number of methoxy groups -OCH3 is 1. The van der Waals surface area contributed by atoms with Crippen LogP contribution in [0.5, 0.6) is 17.2 Å². The minimum Gasteiger partial charge on any atom is -0.497 e. The van der Waals surface area contributed by atoms with Gasteiger partial charge in [0.05, 0.1) is 35.7 Å². The van der Waals surface area contributed by atoms with Gasteiger partial charge in [0.15, 0.2) is 6.10 Å². The first-order valence-electron chi connectivity index (χ1n) is 13.5. The molecule has 11 nitrogen and oxygen atoms in total. The van der Waals surface area contributed by atoms with Crippen molar-refractivity contribution >= 4 is 31.6 Å². The number of ether oxygens (including phenoxy) is 3. The van der Waals surface area contributed by atoms with Gasteiger partial charge in [-0.2, -0.15) is 4.31 Å². The molecule has 5 rings (SSSR count). The summed E-state index contributed by atoms with van der Waals surface area (Å²) in [6, 6.07) is 17.4. The first kappa shape index (κ1) is 29.7. The zero-order chi connectivity index (χ0) is 29.9. The number of sulfonamides is 2. The highest BCUT2D eigenvalue weighted by Gasteiger charge is 2.37. The van der Waals surface area contributed by atoms with E-state index in [0.717, 1.165) is 18.4 Å². The lowest BCUT2D eigenvalue weighted by Gasteiger charge is -2.35. The van der Waals surface area contributed by atoms with Crippen LogP contribution < -0.4 is 23.8 Å². The summed E-state index contributed by atoms with van der Waals surface area (Å²) in [5.74, 6) is 0.769. The number of amides is 1. The Morgan fingerprint density at radius 1 is 0.905 bits per heavy atom. The second kappa shape index (κ2) is 12.2. The molecule has 1 fully saturated rings.